The third-order valence-electron chi connectivity index (χ3n) is 4.58. The Morgan fingerprint density at radius 1 is 1.30 bits per heavy atom. The third kappa shape index (κ3) is 2.35. The van der Waals surface area contributed by atoms with Crippen molar-refractivity contribution in [2.45, 2.75) is 58.3 Å². The van der Waals surface area contributed by atoms with Crippen molar-refractivity contribution in [3.63, 3.8) is 0 Å². The predicted octanol–water partition coefficient (Wildman–Crippen LogP) is 3.00. The van der Waals surface area contributed by atoms with Gasteiger partial charge in [-0.05, 0) is 31.2 Å². The Morgan fingerprint density at radius 3 is 2.50 bits per heavy atom. The number of carbonyl (C=O) groups is 1. The fourth-order valence-corrected chi connectivity index (χ4v) is 3.20. The lowest BCUT2D eigenvalue weighted by atomic mass is 10.1. The first-order valence-corrected chi connectivity index (χ1v) is 7.76. The van der Waals surface area contributed by atoms with Gasteiger partial charge in [-0.2, -0.15) is 0 Å². The van der Waals surface area contributed by atoms with Gasteiger partial charge in [-0.15, -0.1) is 0 Å². The fourth-order valence-electron chi connectivity index (χ4n) is 3.20. The largest absolute Gasteiger partial charge is 0.318 e. The maximum absolute atomic E-state index is 12.6. The number of benzene rings is 1. The molecule has 4 unspecified atom stereocenters. The number of hydrogen-bond donors (Lipinski definition) is 1. The molecule has 1 aromatic carbocycles. The Balaban J connectivity index is 1.87. The van der Waals surface area contributed by atoms with Gasteiger partial charge in [0.1, 0.15) is 6.17 Å². The van der Waals surface area contributed by atoms with E-state index in [2.05, 4.69) is 55.3 Å². The average Bonchev–Trinajstić information content (AvgIpc) is 3.05. The lowest BCUT2D eigenvalue weighted by Crippen LogP contribution is -2.33. The van der Waals surface area contributed by atoms with Crippen LogP contribution in [0.4, 0.5) is 0 Å². The smallest absolute Gasteiger partial charge is 0.241 e. The molecule has 1 aromatic rings. The van der Waals surface area contributed by atoms with Crippen LogP contribution >= 0.6 is 0 Å². The molecule has 20 heavy (non-hydrogen) atoms. The van der Waals surface area contributed by atoms with E-state index in [0.29, 0.717) is 17.9 Å². The summed E-state index contributed by atoms with van der Waals surface area (Å²) in [5, 5.41) is 3.55. The molecule has 1 saturated heterocycles. The van der Waals surface area contributed by atoms with Gasteiger partial charge < -0.3 is 4.90 Å². The minimum atomic E-state index is -0.000830. The third-order valence-corrected chi connectivity index (χ3v) is 4.58. The quantitative estimate of drug-likeness (QED) is 0.914. The maximum atomic E-state index is 12.6. The second kappa shape index (κ2) is 5.21. The molecule has 1 heterocycles. The molecule has 3 nitrogen and oxygen atoms in total. The minimum absolute atomic E-state index is 0.000830. The molecule has 0 spiro atoms. The van der Waals surface area contributed by atoms with Crippen LogP contribution in [0.1, 0.15) is 50.4 Å². The van der Waals surface area contributed by atoms with Crippen molar-refractivity contribution in [3.05, 3.63) is 35.4 Å². The Bertz CT molecular complexity index is 496. The summed E-state index contributed by atoms with van der Waals surface area (Å²) < 4.78 is 0. The van der Waals surface area contributed by atoms with Crippen molar-refractivity contribution in [3.8, 4) is 0 Å². The molecular formula is C17H24N2O. The Morgan fingerprint density at radius 2 is 1.95 bits per heavy atom. The number of hydrogen-bond acceptors (Lipinski definition) is 2. The molecule has 1 N–H and O–H groups in total. The summed E-state index contributed by atoms with van der Waals surface area (Å²) in [6.07, 6.45) is 3.18. The van der Waals surface area contributed by atoms with Crippen LogP contribution in [-0.4, -0.2) is 22.9 Å². The summed E-state index contributed by atoms with van der Waals surface area (Å²) in [6, 6.07) is 8.98. The molecule has 1 saturated carbocycles. The minimum Gasteiger partial charge on any atom is -0.318 e. The number of nitrogens with one attached hydrogen (secondary N) is 1. The van der Waals surface area contributed by atoms with E-state index in [0.717, 1.165) is 19.3 Å². The van der Waals surface area contributed by atoms with Crippen LogP contribution in [0.15, 0.2) is 24.3 Å². The van der Waals surface area contributed by atoms with Crippen molar-refractivity contribution >= 4 is 5.91 Å². The summed E-state index contributed by atoms with van der Waals surface area (Å²) >= 11 is 0. The summed E-state index contributed by atoms with van der Waals surface area (Å²) in [6.45, 7) is 6.47. The van der Waals surface area contributed by atoms with E-state index < -0.39 is 0 Å². The average molecular weight is 272 g/mol. The first-order valence-electron chi connectivity index (χ1n) is 7.76. The van der Waals surface area contributed by atoms with E-state index in [1.807, 2.05) is 0 Å². The summed E-state index contributed by atoms with van der Waals surface area (Å²) in [5.74, 6) is 0.945. The Hall–Kier alpha value is -1.35. The van der Waals surface area contributed by atoms with Gasteiger partial charge in [-0.25, -0.2) is 0 Å². The highest BCUT2D eigenvalue weighted by Crippen LogP contribution is 2.42. The van der Waals surface area contributed by atoms with Gasteiger partial charge in [0.15, 0.2) is 0 Å². The van der Waals surface area contributed by atoms with Gasteiger partial charge >= 0.3 is 0 Å². The topological polar surface area (TPSA) is 32.3 Å². The SMILES string of the molecule is CCCC1NC(c2ccc(C)cc2)N(C2CC2C)C1=O. The van der Waals surface area contributed by atoms with Crippen LogP contribution in [0.25, 0.3) is 0 Å². The van der Waals surface area contributed by atoms with E-state index in [4.69, 9.17) is 0 Å². The van der Waals surface area contributed by atoms with Crippen LogP contribution in [0.3, 0.4) is 0 Å². The number of carbonyl (C=O) groups excluding carboxylic acids is 1. The molecule has 0 aromatic heterocycles. The van der Waals surface area contributed by atoms with Crippen LogP contribution in [0, 0.1) is 12.8 Å². The van der Waals surface area contributed by atoms with Gasteiger partial charge in [-0.3, -0.25) is 10.1 Å². The molecule has 4 atom stereocenters. The van der Waals surface area contributed by atoms with E-state index in [9.17, 15) is 4.79 Å². The van der Waals surface area contributed by atoms with E-state index in [1.165, 1.54) is 11.1 Å². The monoisotopic (exact) mass is 272 g/mol. The van der Waals surface area contributed by atoms with Crippen molar-refractivity contribution in [1.82, 2.24) is 10.2 Å². The Kier molecular flexibility index (Phi) is 3.55. The van der Waals surface area contributed by atoms with Gasteiger partial charge in [-0.1, -0.05) is 50.1 Å². The van der Waals surface area contributed by atoms with Crippen molar-refractivity contribution in [2.24, 2.45) is 5.92 Å². The number of nitrogens with zero attached hydrogens (tertiary/aromatic N) is 1. The van der Waals surface area contributed by atoms with Crippen molar-refractivity contribution in [2.75, 3.05) is 0 Å². The number of amides is 1. The Labute approximate surface area is 121 Å². The maximum Gasteiger partial charge on any atom is 0.241 e. The first-order chi connectivity index (χ1) is 9.61. The zero-order valence-electron chi connectivity index (χ0n) is 12.6. The van der Waals surface area contributed by atoms with Gasteiger partial charge in [0.05, 0.1) is 6.04 Å². The van der Waals surface area contributed by atoms with Crippen LogP contribution < -0.4 is 5.32 Å². The lowest BCUT2D eigenvalue weighted by Gasteiger charge is -2.25. The molecule has 0 radical (unpaired) electrons. The number of rotatable bonds is 4. The molecule has 1 amide bonds. The van der Waals surface area contributed by atoms with Crippen molar-refractivity contribution < 1.29 is 4.79 Å². The van der Waals surface area contributed by atoms with Gasteiger partial charge in [0, 0.05) is 6.04 Å². The van der Waals surface area contributed by atoms with E-state index in [-0.39, 0.29) is 12.2 Å². The lowest BCUT2D eigenvalue weighted by molar-refractivity contribution is -0.131. The zero-order valence-corrected chi connectivity index (χ0v) is 12.6. The fraction of sp³-hybridized carbons (Fsp3) is 0.588. The molecule has 1 aliphatic carbocycles. The van der Waals surface area contributed by atoms with Crippen LogP contribution in [0.2, 0.25) is 0 Å². The summed E-state index contributed by atoms with van der Waals surface area (Å²) in [7, 11) is 0. The molecule has 108 valence electrons. The molecule has 2 fully saturated rings. The second-order valence-electron chi connectivity index (χ2n) is 6.35. The highest BCUT2D eigenvalue weighted by atomic mass is 16.2. The summed E-state index contributed by atoms with van der Waals surface area (Å²) in [4.78, 5) is 14.7. The highest BCUT2D eigenvalue weighted by molar-refractivity contribution is 5.85. The predicted molar refractivity (Wildman–Crippen MR) is 80.2 cm³/mol. The molecular weight excluding hydrogens is 248 g/mol. The van der Waals surface area contributed by atoms with Crippen LogP contribution in [-0.2, 0) is 4.79 Å². The summed E-state index contributed by atoms with van der Waals surface area (Å²) in [5.41, 5.74) is 2.47. The van der Waals surface area contributed by atoms with E-state index in [1.54, 1.807) is 0 Å². The standard InChI is InChI=1S/C17H24N2O/c1-4-5-14-17(20)19(15-10-12(15)3)16(18-14)13-8-6-11(2)7-9-13/h6-9,12,14-16,18H,4-5,10H2,1-3H3. The van der Waals surface area contributed by atoms with Crippen molar-refractivity contribution in [1.29, 1.82) is 0 Å². The molecule has 0 bridgehead atoms. The molecule has 3 rings (SSSR count). The van der Waals surface area contributed by atoms with E-state index >= 15 is 0 Å². The molecule has 2 aliphatic rings. The normalized spacial score (nSPS) is 32.8. The van der Waals surface area contributed by atoms with Gasteiger partial charge in [0.2, 0.25) is 5.91 Å². The highest BCUT2D eigenvalue weighted by Gasteiger charge is 2.49. The second-order valence-corrected chi connectivity index (χ2v) is 6.35. The molecule has 1 aliphatic heterocycles. The zero-order chi connectivity index (χ0) is 14.3. The van der Waals surface area contributed by atoms with Gasteiger partial charge in [0.25, 0.3) is 0 Å². The first kappa shape index (κ1) is 13.6. The molecule has 3 heteroatoms. The number of aryl methyl sites for hydroxylation is 1. The van der Waals surface area contributed by atoms with Crippen LogP contribution in [0.5, 0.6) is 0 Å².